The Labute approximate surface area is 78.7 Å². The third kappa shape index (κ3) is 2.22. The molecule has 0 spiro atoms. The van der Waals surface area contributed by atoms with E-state index in [1.165, 1.54) is 12.8 Å². The molecule has 2 heteroatoms. The van der Waals surface area contributed by atoms with Gasteiger partial charge in [-0.2, -0.15) is 0 Å². The van der Waals surface area contributed by atoms with Crippen molar-refractivity contribution in [3.63, 3.8) is 0 Å². The molecule has 2 rings (SSSR count). The topological polar surface area (TPSA) is 35.2 Å². The maximum Gasteiger partial charge on any atom is 0.119 e. The molecule has 0 radical (unpaired) electrons. The van der Waals surface area contributed by atoms with Gasteiger partial charge >= 0.3 is 0 Å². The molecule has 1 aliphatic carbocycles. The maximum absolute atomic E-state index is 5.74. The van der Waals surface area contributed by atoms with Crippen molar-refractivity contribution in [3.8, 4) is 5.75 Å². The average Bonchev–Trinajstić information content (AvgIpc) is 2.89. The lowest BCUT2D eigenvalue weighted by Gasteiger charge is -2.07. The van der Waals surface area contributed by atoms with E-state index in [2.05, 4.69) is 0 Å². The van der Waals surface area contributed by atoms with E-state index in [4.69, 9.17) is 10.5 Å². The molecule has 0 aliphatic heterocycles. The Bertz CT molecular complexity index is 275. The summed E-state index contributed by atoms with van der Waals surface area (Å²) in [4.78, 5) is 0. The van der Waals surface area contributed by atoms with Crippen molar-refractivity contribution >= 4 is 0 Å². The van der Waals surface area contributed by atoms with Crippen molar-refractivity contribution in [2.24, 2.45) is 5.73 Å². The number of nitrogens with two attached hydrogens (primary N) is 1. The van der Waals surface area contributed by atoms with Crippen molar-refractivity contribution in [1.82, 2.24) is 0 Å². The monoisotopic (exact) mass is 177 g/mol. The summed E-state index contributed by atoms with van der Waals surface area (Å²) in [5, 5.41) is 0. The molecule has 1 unspecified atom stereocenters. The van der Waals surface area contributed by atoms with Gasteiger partial charge in [0.1, 0.15) is 5.75 Å². The van der Waals surface area contributed by atoms with Gasteiger partial charge < -0.3 is 10.5 Å². The largest absolute Gasteiger partial charge is 0.490 e. The minimum Gasteiger partial charge on any atom is -0.490 e. The standard InChI is InChI=1S/C11H15NO/c1-8(12)9-2-4-10(5-3-9)13-11-6-7-11/h2-5,8,11H,6-7,12H2,1H3. The van der Waals surface area contributed by atoms with Gasteiger partial charge in [0.15, 0.2) is 0 Å². The Balaban J connectivity index is 2.04. The molecule has 1 aliphatic rings. The van der Waals surface area contributed by atoms with Crippen LogP contribution in [0.4, 0.5) is 0 Å². The second kappa shape index (κ2) is 3.38. The second-order valence-corrected chi connectivity index (χ2v) is 3.67. The zero-order valence-electron chi connectivity index (χ0n) is 7.86. The lowest BCUT2D eigenvalue weighted by Crippen LogP contribution is -2.04. The Hall–Kier alpha value is -1.02. The quantitative estimate of drug-likeness (QED) is 0.768. The molecular weight excluding hydrogens is 162 g/mol. The zero-order valence-corrected chi connectivity index (χ0v) is 7.86. The summed E-state index contributed by atoms with van der Waals surface area (Å²) >= 11 is 0. The van der Waals surface area contributed by atoms with Crippen LogP contribution in [0.25, 0.3) is 0 Å². The first-order chi connectivity index (χ1) is 6.25. The van der Waals surface area contributed by atoms with Crippen molar-refractivity contribution in [2.75, 3.05) is 0 Å². The molecule has 0 heterocycles. The van der Waals surface area contributed by atoms with Crippen molar-refractivity contribution in [2.45, 2.75) is 31.9 Å². The molecular formula is C11H15NO. The van der Waals surface area contributed by atoms with Crippen LogP contribution in [0.1, 0.15) is 31.4 Å². The molecule has 70 valence electrons. The van der Waals surface area contributed by atoms with Gasteiger partial charge in [-0.15, -0.1) is 0 Å². The molecule has 2 nitrogen and oxygen atoms in total. The first kappa shape index (κ1) is 8.57. The number of rotatable bonds is 3. The van der Waals surface area contributed by atoms with Gasteiger partial charge in [-0.3, -0.25) is 0 Å². The maximum atomic E-state index is 5.74. The van der Waals surface area contributed by atoms with Crippen LogP contribution in [0.15, 0.2) is 24.3 Å². The summed E-state index contributed by atoms with van der Waals surface area (Å²) in [7, 11) is 0. The Morgan fingerprint density at radius 1 is 1.31 bits per heavy atom. The van der Waals surface area contributed by atoms with E-state index < -0.39 is 0 Å². The van der Waals surface area contributed by atoms with Crippen LogP contribution in [0.2, 0.25) is 0 Å². The van der Waals surface area contributed by atoms with Crippen LogP contribution in [0, 0.1) is 0 Å². The van der Waals surface area contributed by atoms with Crippen LogP contribution in [0.5, 0.6) is 5.75 Å². The Kier molecular flexibility index (Phi) is 2.23. The van der Waals surface area contributed by atoms with Crippen molar-refractivity contribution in [3.05, 3.63) is 29.8 Å². The molecule has 0 bridgehead atoms. The third-order valence-electron chi connectivity index (χ3n) is 2.23. The molecule has 1 aromatic carbocycles. The number of hydrogen-bond acceptors (Lipinski definition) is 2. The highest BCUT2D eigenvalue weighted by atomic mass is 16.5. The highest BCUT2D eigenvalue weighted by Crippen LogP contribution is 2.27. The molecule has 13 heavy (non-hydrogen) atoms. The fraction of sp³-hybridized carbons (Fsp3) is 0.455. The van der Waals surface area contributed by atoms with E-state index in [-0.39, 0.29) is 6.04 Å². The van der Waals surface area contributed by atoms with Crippen LogP contribution in [-0.4, -0.2) is 6.10 Å². The fourth-order valence-corrected chi connectivity index (χ4v) is 1.23. The normalized spacial score (nSPS) is 18.3. The molecule has 0 saturated heterocycles. The van der Waals surface area contributed by atoms with Gasteiger partial charge in [-0.25, -0.2) is 0 Å². The first-order valence-corrected chi connectivity index (χ1v) is 4.78. The lowest BCUT2D eigenvalue weighted by atomic mass is 10.1. The molecule has 0 aromatic heterocycles. The number of ether oxygens (including phenoxy) is 1. The fourth-order valence-electron chi connectivity index (χ4n) is 1.23. The lowest BCUT2D eigenvalue weighted by molar-refractivity contribution is 0.303. The number of hydrogen-bond donors (Lipinski definition) is 1. The van der Waals surface area contributed by atoms with E-state index in [0.29, 0.717) is 6.10 Å². The Morgan fingerprint density at radius 2 is 1.92 bits per heavy atom. The van der Waals surface area contributed by atoms with Gasteiger partial charge in [-0.1, -0.05) is 12.1 Å². The van der Waals surface area contributed by atoms with Gasteiger partial charge in [-0.05, 0) is 37.5 Å². The summed E-state index contributed by atoms with van der Waals surface area (Å²) in [6.45, 7) is 1.98. The molecule has 1 aromatic rings. The predicted molar refractivity (Wildman–Crippen MR) is 52.7 cm³/mol. The van der Waals surface area contributed by atoms with E-state index >= 15 is 0 Å². The van der Waals surface area contributed by atoms with Crippen LogP contribution in [-0.2, 0) is 0 Å². The average molecular weight is 177 g/mol. The minimum absolute atomic E-state index is 0.106. The molecule has 0 amide bonds. The van der Waals surface area contributed by atoms with Crippen LogP contribution >= 0.6 is 0 Å². The smallest absolute Gasteiger partial charge is 0.119 e. The summed E-state index contributed by atoms with van der Waals surface area (Å²) in [5.74, 6) is 0.965. The molecule has 2 N–H and O–H groups in total. The van der Waals surface area contributed by atoms with Gasteiger partial charge in [0.2, 0.25) is 0 Å². The molecule has 1 atom stereocenters. The third-order valence-corrected chi connectivity index (χ3v) is 2.23. The first-order valence-electron chi connectivity index (χ1n) is 4.78. The van der Waals surface area contributed by atoms with Crippen molar-refractivity contribution in [1.29, 1.82) is 0 Å². The minimum atomic E-state index is 0.106. The predicted octanol–water partition coefficient (Wildman–Crippen LogP) is 2.25. The second-order valence-electron chi connectivity index (χ2n) is 3.67. The van der Waals surface area contributed by atoms with Gasteiger partial charge in [0.05, 0.1) is 6.10 Å². The molecule has 1 saturated carbocycles. The van der Waals surface area contributed by atoms with Crippen molar-refractivity contribution < 1.29 is 4.74 Å². The number of benzene rings is 1. The summed E-state index contributed by atoms with van der Waals surface area (Å²) in [6.07, 6.45) is 2.88. The summed E-state index contributed by atoms with van der Waals surface area (Å²) < 4.78 is 5.62. The summed E-state index contributed by atoms with van der Waals surface area (Å²) in [5.41, 5.74) is 6.89. The van der Waals surface area contributed by atoms with E-state index in [1.54, 1.807) is 0 Å². The zero-order chi connectivity index (χ0) is 9.26. The van der Waals surface area contributed by atoms with E-state index in [0.717, 1.165) is 11.3 Å². The van der Waals surface area contributed by atoms with Crippen LogP contribution in [0.3, 0.4) is 0 Å². The van der Waals surface area contributed by atoms with E-state index in [1.807, 2.05) is 31.2 Å². The van der Waals surface area contributed by atoms with E-state index in [9.17, 15) is 0 Å². The Morgan fingerprint density at radius 3 is 2.38 bits per heavy atom. The summed E-state index contributed by atoms with van der Waals surface area (Å²) in [6, 6.07) is 8.16. The molecule has 1 fully saturated rings. The highest BCUT2D eigenvalue weighted by molar-refractivity contribution is 5.29. The highest BCUT2D eigenvalue weighted by Gasteiger charge is 2.23. The van der Waals surface area contributed by atoms with Gasteiger partial charge in [0, 0.05) is 6.04 Å². The SMILES string of the molecule is CC(N)c1ccc(OC2CC2)cc1. The van der Waals surface area contributed by atoms with Gasteiger partial charge in [0.25, 0.3) is 0 Å². The van der Waals surface area contributed by atoms with Crippen LogP contribution < -0.4 is 10.5 Å².